The van der Waals surface area contributed by atoms with Crippen molar-refractivity contribution < 1.29 is 14.3 Å². The molecule has 1 rings (SSSR count). The van der Waals surface area contributed by atoms with Crippen molar-refractivity contribution in [2.24, 2.45) is 11.5 Å². The van der Waals surface area contributed by atoms with E-state index in [4.69, 9.17) is 16.2 Å². The summed E-state index contributed by atoms with van der Waals surface area (Å²) in [6.07, 6.45) is 3.31. The van der Waals surface area contributed by atoms with Crippen molar-refractivity contribution in [3.8, 4) is 0 Å². The van der Waals surface area contributed by atoms with Gasteiger partial charge in [-0.1, -0.05) is 12.8 Å². The summed E-state index contributed by atoms with van der Waals surface area (Å²) in [5, 5.41) is 1.96. The summed E-state index contributed by atoms with van der Waals surface area (Å²) in [5.41, 5.74) is 10.6. The van der Waals surface area contributed by atoms with Gasteiger partial charge in [0.15, 0.2) is 0 Å². The topological polar surface area (TPSA) is 107 Å². The Morgan fingerprint density at radius 3 is 2.50 bits per heavy atom. The van der Waals surface area contributed by atoms with Gasteiger partial charge in [0, 0.05) is 5.54 Å². The van der Waals surface area contributed by atoms with Crippen LogP contribution in [0.15, 0.2) is 0 Å². The van der Waals surface area contributed by atoms with Gasteiger partial charge in [0.25, 0.3) is 5.91 Å². The minimum atomic E-state index is -0.872. The molecule has 0 radical (unpaired) electrons. The Morgan fingerprint density at radius 2 is 2.00 bits per heavy atom. The molecule has 6 heteroatoms. The Bertz CT molecular complexity index is 274. The average molecular weight is 229 g/mol. The third-order valence-corrected chi connectivity index (χ3v) is 2.84. The van der Waals surface area contributed by atoms with Crippen LogP contribution in [0.4, 0.5) is 4.79 Å². The molecule has 1 aliphatic carbocycles. The zero-order valence-corrected chi connectivity index (χ0v) is 9.49. The van der Waals surface area contributed by atoms with Crippen LogP contribution in [0, 0.1) is 0 Å². The van der Waals surface area contributed by atoms with Gasteiger partial charge < -0.3 is 16.2 Å². The summed E-state index contributed by atoms with van der Waals surface area (Å²) < 4.78 is 5.35. The van der Waals surface area contributed by atoms with Crippen molar-refractivity contribution >= 4 is 11.9 Å². The molecule has 6 nitrogen and oxygen atoms in total. The predicted molar refractivity (Wildman–Crippen MR) is 58.5 cm³/mol. The number of imide groups is 1. The van der Waals surface area contributed by atoms with Crippen molar-refractivity contribution in [3.05, 3.63) is 0 Å². The molecule has 0 saturated heterocycles. The van der Waals surface area contributed by atoms with Gasteiger partial charge in [0.1, 0.15) is 6.10 Å². The van der Waals surface area contributed by atoms with Gasteiger partial charge in [-0.05, 0) is 19.8 Å². The van der Waals surface area contributed by atoms with E-state index < -0.39 is 18.0 Å². The molecule has 16 heavy (non-hydrogen) atoms. The lowest BCUT2D eigenvalue weighted by atomic mass is 10.0. The smallest absolute Gasteiger partial charge is 0.318 e. The first-order valence-electron chi connectivity index (χ1n) is 5.44. The summed E-state index contributed by atoms with van der Waals surface area (Å²) >= 11 is 0. The van der Waals surface area contributed by atoms with Gasteiger partial charge in [-0.15, -0.1) is 0 Å². The first-order chi connectivity index (χ1) is 7.43. The summed E-state index contributed by atoms with van der Waals surface area (Å²) in [7, 11) is 0. The highest BCUT2D eigenvalue weighted by Gasteiger charge is 2.30. The van der Waals surface area contributed by atoms with Crippen LogP contribution >= 0.6 is 0 Å². The number of primary amides is 1. The molecule has 0 aromatic rings. The Labute approximate surface area is 94.7 Å². The van der Waals surface area contributed by atoms with Crippen LogP contribution in [0.25, 0.3) is 0 Å². The third kappa shape index (κ3) is 3.79. The highest BCUT2D eigenvalue weighted by atomic mass is 16.5. The van der Waals surface area contributed by atoms with E-state index in [1.165, 1.54) is 0 Å². The molecule has 0 aromatic heterocycles. The van der Waals surface area contributed by atoms with Crippen molar-refractivity contribution in [1.29, 1.82) is 0 Å². The van der Waals surface area contributed by atoms with Gasteiger partial charge in [-0.25, -0.2) is 4.79 Å². The maximum Gasteiger partial charge on any atom is 0.318 e. The predicted octanol–water partition coefficient (Wildman–Crippen LogP) is -0.142. The largest absolute Gasteiger partial charge is 0.367 e. The molecule has 1 unspecified atom stereocenters. The minimum Gasteiger partial charge on any atom is -0.367 e. The Kier molecular flexibility index (Phi) is 4.26. The van der Waals surface area contributed by atoms with Crippen molar-refractivity contribution in [2.45, 2.75) is 44.2 Å². The molecule has 1 saturated carbocycles. The van der Waals surface area contributed by atoms with Crippen LogP contribution in [0.1, 0.15) is 32.6 Å². The van der Waals surface area contributed by atoms with Gasteiger partial charge >= 0.3 is 6.03 Å². The molecule has 0 aromatic carbocycles. The van der Waals surface area contributed by atoms with Crippen molar-refractivity contribution in [1.82, 2.24) is 5.32 Å². The van der Waals surface area contributed by atoms with Crippen LogP contribution in [0.5, 0.6) is 0 Å². The molecule has 0 heterocycles. The summed E-state index contributed by atoms with van der Waals surface area (Å²) in [4.78, 5) is 21.7. The first-order valence-corrected chi connectivity index (χ1v) is 5.44. The average Bonchev–Trinajstić information content (AvgIpc) is 2.61. The van der Waals surface area contributed by atoms with E-state index in [0.29, 0.717) is 6.61 Å². The van der Waals surface area contributed by atoms with E-state index in [-0.39, 0.29) is 5.54 Å². The SMILES string of the molecule is CC(OCC1(N)CCCC1)C(=O)NC(N)=O. The highest BCUT2D eigenvalue weighted by Crippen LogP contribution is 2.27. The van der Waals surface area contributed by atoms with Crippen LogP contribution in [-0.2, 0) is 9.53 Å². The van der Waals surface area contributed by atoms with Crippen molar-refractivity contribution in [3.63, 3.8) is 0 Å². The molecule has 3 amide bonds. The van der Waals surface area contributed by atoms with Gasteiger partial charge in [-0.3, -0.25) is 10.1 Å². The molecule has 0 spiro atoms. The summed E-state index contributed by atoms with van der Waals surface area (Å²) in [5.74, 6) is -0.533. The molecule has 5 N–H and O–H groups in total. The maximum absolute atomic E-state index is 11.3. The Morgan fingerprint density at radius 1 is 1.44 bits per heavy atom. The number of carbonyl (C=O) groups is 2. The van der Waals surface area contributed by atoms with Crippen molar-refractivity contribution in [2.75, 3.05) is 6.61 Å². The monoisotopic (exact) mass is 229 g/mol. The first kappa shape index (κ1) is 12.9. The molecule has 1 atom stereocenters. The number of amides is 3. The maximum atomic E-state index is 11.3. The highest BCUT2D eigenvalue weighted by molar-refractivity contribution is 5.95. The number of ether oxygens (including phenoxy) is 1. The number of hydrogen-bond donors (Lipinski definition) is 3. The fourth-order valence-corrected chi connectivity index (χ4v) is 1.81. The van der Waals surface area contributed by atoms with Crippen LogP contribution in [-0.4, -0.2) is 30.2 Å². The second-order valence-electron chi connectivity index (χ2n) is 4.38. The fraction of sp³-hybridized carbons (Fsp3) is 0.800. The molecular formula is C10H19N3O3. The molecule has 1 aliphatic rings. The van der Waals surface area contributed by atoms with Gasteiger partial charge in [-0.2, -0.15) is 0 Å². The lowest BCUT2D eigenvalue weighted by Crippen LogP contribution is -2.46. The molecule has 0 bridgehead atoms. The van der Waals surface area contributed by atoms with Crippen LogP contribution in [0.2, 0.25) is 0 Å². The molecule has 0 aliphatic heterocycles. The van der Waals surface area contributed by atoms with Crippen LogP contribution < -0.4 is 16.8 Å². The standard InChI is InChI=1S/C10H19N3O3/c1-7(8(14)13-9(11)15)16-6-10(12)4-2-3-5-10/h7H,2-6,12H2,1H3,(H3,11,13,14,15). The van der Waals surface area contributed by atoms with E-state index in [0.717, 1.165) is 25.7 Å². The number of carbonyl (C=O) groups excluding carboxylic acids is 2. The summed E-state index contributed by atoms with van der Waals surface area (Å²) in [6, 6.07) is -0.872. The third-order valence-electron chi connectivity index (χ3n) is 2.84. The van der Waals surface area contributed by atoms with E-state index in [1.54, 1.807) is 6.92 Å². The fourth-order valence-electron chi connectivity index (χ4n) is 1.81. The number of nitrogens with one attached hydrogen (secondary N) is 1. The molecule has 92 valence electrons. The van der Waals surface area contributed by atoms with Gasteiger partial charge in [0.05, 0.1) is 6.61 Å². The number of nitrogens with two attached hydrogens (primary N) is 2. The second-order valence-corrected chi connectivity index (χ2v) is 4.38. The van der Waals surface area contributed by atoms with E-state index in [9.17, 15) is 9.59 Å². The lowest BCUT2D eigenvalue weighted by Gasteiger charge is -2.25. The van der Waals surface area contributed by atoms with Gasteiger partial charge in [0.2, 0.25) is 0 Å². The van der Waals surface area contributed by atoms with E-state index >= 15 is 0 Å². The molecule has 1 fully saturated rings. The number of rotatable bonds is 4. The molecular weight excluding hydrogens is 210 g/mol. The zero-order valence-electron chi connectivity index (χ0n) is 9.49. The lowest BCUT2D eigenvalue weighted by molar-refractivity contribution is -0.131. The summed E-state index contributed by atoms with van der Waals surface area (Å²) in [6.45, 7) is 1.90. The second kappa shape index (κ2) is 5.27. The zero-order chi connectivity index (χ0) is 12.2. The Hall–Kier alpha value is -1.14. The van der Waals surface area contributed by atoms with E-state index in [2.05, 4.69) is 0 Å². The normalized spacial score (nSPS) is 20.4. The number of urea groups is 1. The van der Waals surface area contributed by atoms with Crippen LogP contribution in [0.3, 0.4) is 0 Å². The quantitative estimate of drug-likeness (QED) is 0.623. The number of hydrogen-bond acceptors (Lipinski definition) is 4. The minimum absolute atomic E-state index is 0.318. The Balaban J connectivity index is 2.31. The van der Waals surface area contributed by atoms with E-state index in [1.807, 2.05) is 5.32 Å².